The molecule has 6 heteroatoms. The van der Waals surface area contributed by atoms with E-state index < -0.39 is 0 Å². The first-order chi connectivity index (χ1) is 11.1. The van der Waals surface area contributed by atoms with Gasteiger partial charge in [-0.2, -0.15) is 0 Å². The van der Waals surface area contributed by atoms with Crippen LogP contribution in [-0.4, -0.2) is 52.8 Å². The summed E-state index contributed by atoms with van der Waals surface area (Å²) in [5.74, 6) is 0.0847. The predicted molar refractivity (Wildman–Crippen MR) is 89.7 cm³/mol. The summed E-state index contributed by atoms with van der Waals surface area (Å²) in [6.07, 6.45) is 5.94. The molecule has 3 rings (SSSR count). The number of aliphatic hydroxyl groups is 1. The lowest BCUT2D eigenvalue weighted by Gasteiger charge is -2.56. The Bertz CT molecular complexity index is 550. The molecule has 0 radical (unpaired) electrons. The van der Waals surface area contributed by atoms with Crippen LogP contribution >= 0.6 is 11.3 Å². The van der Waals surface area contributed by atoms with Crippen LogP contribution in [0.25, 0.3) is 0 Å². The van der Waals surface area contributed by atoms with Crippen LogP contribution in [-0.2, 0) is 11.2 Å². The van der Waals surface area contributed by atoms with Gasteiger partial charge in [-0.15, -0.1) is 11.3 Å². The van der Waals surface area contributed by atoms with E-state index in [2.05, 4.69) is 11.9 Å². The zero-order valence-electron chi connectivity index (χ0n) is 14.0. The van der Waals surface area contributed by atoms with Crippen molar-refractivity contribution in [3.8, 4) is 0 Å². The van der Waals surface area contributed by atoms with Crippen molar-refractivity contribution in [2.45, 2.75) is 58.2 Å². The smallest absolute Gasteiger partial charge is 0.265 e. The maximum absolute atomic E-state index is 12.6. The Morgan fingerprint density at radius 2 is 2.22 bits per heavy atom. The van der Waals surface area contributed by atoms with E-state index in [1.165, 1.54) is 11.3 Å². The minimum atomic E-state index is -0.282. The highest BCUT2D eigenvalue weighted by molar-refractivity contribution is 7.13. The van der Waals surface area contributed by atoms with Crippen molar-refractivity contribution < 1.29 is 14.6 Å². The highest BCUT2D eigenvalue weighted by Gasteiger charge is 2.56. The summed E-state index contributed by atoms with van der Waals surface area (Å²) in [5, 5.41) is 11.3. The van der Waals surface area contributed by atoms with Crippen LogP contribution in [0, 0.1) is 5.41 Å². The summed E-state index contributed by atoms with van der Waals surface area (Å²) in [4.78, 5) is 19.6. The summed E-state index contributed by atoms with van der Waals surface area (Å²) < 4.78 is 5.78. The third-order valence-electron chi connectivity index (χ3n) is 5.32. The fraction of sp³-hybridized carbons (Fsp3) is 0.765. The molecule has 1 aromatic rings. The van der Waals surface area contributed by atoms with Crippen molar-refractivity contribution in [1.82, 2.24) is 9.88 Å². The molecule has 2 heterocycles. The maximum Gasteiger partial charge on any atom is 0.265 e. The molecular weight excluding hydrogens is 312 g/mol. The number of carbonyl (C=O) groups excluding carboxylic acids is 1. The van der Waals surface area contributed by atoms with Crippen LogP contribution < -0.4 is 0 Å². The summed E-state index contributed by atoms with van der Waals surface area (Å²) in [5.41, 5.74) is -0.131. The molecule has 2 aliphatic rings. The number of piperidine rings is 1. The number of thiazole rings is 1. The third-order valence-corrected chi connectivity index (χ3v) is 6.36. The van der Waals surface area contributed by atoms with Gasteiger partial charge in [-0.3, -0.25) is 4.79 Å². The molecule has 1 aromatic heterocycles. The molecule has 0 aromatic carbocycles. The minimum Gasteiger partial charge on any atom is -0.392 e. The van der Waals surface area contributed by atoms with Gasteiger partial charge < -0.3 is 14.7 Å². The van der Waals surface area contributed by atoms with E-state index in [0.29, 0.717) is 19.7 Å². The molecule has 1 N–H and O–H groups in total. The molecule has 1 saturated carbocycles. The van der Waals surface area contributed by atoms with Crippen LogP contribution in [0.1, 0.15) is 54.2 Å². The third kappa shape index (κ3) is 3.04. The van der Waals surface area contributed by atoms with Gasteiger partial charge in [0.25, 0.3) is 5.91 Å². The molecule has 1 aliphatic carbocycles. The van der Waals surface area contributed by atoms with Gasteiger partial charge in [0.15, 0.2) is 0 Å². The van der Waals surface area contributed by atoms with E-state index >= 15 is 0 Å². The molecule has 128 valence electrons. The summed E-state index contributed by atoms with van der Waals surface area (Å²) >= 11 is 1.51. The van der Waals surface area contributed by atoms with Crippen molar-refractivity contribution in [2.24, 2.45) is 5.41 Å². The van der Waals surface area contributed by atoms with Crippen LogP contribution in [0.5, 0.6) is 0 Å². The van der Waals surface area contributed by atoms with Gasteiger partial charge in [0.1, 0.15) is 4.88 Å². The minimum absolute atomic E-state index is 0.0847. The van der Waals surface area contributed by atoms with E-state index in [1.807, 2.05) is 11.8 Å². The normalized spacial score (nSPS) is 26.3. The average molecular weight is 338 g/mol. The fourth-order valence-electron chi connectivity index (χ4n) is 3.84. The first-order valence-corrected chi connectivity index (χ1v) is 9.46. The number of likely N-dealkylation sites (tertiary alicyclic amines) is 1. The number of aromatic nitrogens is 1. The number of aryl methyl sites for hydroxylation is 1. The standard InChI is InChI=1S/C17H26N2O3S/c1-3-5-15-18-11-12(23-15)16(21)19-8-6-17(7-9-19)13(20)10-14(17)22-4-2/h11,13-14,20H,3-10H2,1-2H3/t13-,14-/m1/s1. The number of carbonyl (C=O) groups is 1. The van der Waals surface area contributed by atoms with Crippen molar-refractivity contribution in [2.75, 3.05) is 19.7 Å². The molecule has 0 bridgehead atoms. The van der Waals surface area contributed by atoms with Gasteiger partial charge in [0.2, 0.25) is 0 Å². The summed E-state index contributed by atoms with van der Waals surface area (Å²) in [7, 11) is 0. The van der Waals surface area contributed by atoms with Crippen LogP contribution in [0.2, 0.25) is 0 Å². The van der Waals surface area contributed by atoms with Crippen LogP contribution in [0.3, 0.4) is 0 Å². The first-order valence-electron chi connectivity index (χ1n) is 8.64. The second-order valence-electron chi connectivity index (χ2n) is 6.59. The number of aliphatic hydroxyl groups excluding tert-OH is 1. The Labute approximate surface area is 141 Å². The Morgan fingerprint density at radius 3 is 2.83 bits per heavy atom. The molecule has 1 saturated heterocycles. The molecule has 23 heavy (non-hydrogen) atoms. The quantitative estimate of drug-likeness (QED) is 0.896. The maximum atomic E-state index is 12.6. The van der Waals surface area contributed by atoms with Gasteiger partial charge in [-0.05, 0) is 32.6 Å². The number of amides is 1. The predicted octanol–water partition coefficient (Wildman–Crippen LogP) is 2.49. The number of nitrogens with zero attached hydrogens (tertiary/aromatic N) is 2. The van der Waals surface area contributed by atoms with E-state index in [4.69, 9.17) is 4.74 Å². The van der Waals surface area contributed by atoms with E-state index in [-0.39, 0.29) is 23.5 Å². The molecule has 0 unspecified atom stereocenters. The second kappa shape index (κ2) is 6.87. The lowest BCUT2D eigenvalue weighted by Crippen LogP contribution is -2.62. The lowest BCUT2D eigenvalue weighted by atomic mass is 9.58. The number of hydrogen-bond acceptors (Lipinski definition) is 5. The molecular formula is C17H26N2O3S. The average Bonchev–Trinajstić information content (AvgIpc) is 3.03. The van der Waals surface area contributed by atoms with E-state index in [1.54, 1.807) is 6.20 Å². The van der Waals surface area contributed by atoms with Crippen LogP contribution in [0.4, 0.5) is 0 Å². The molecule has 1 spiro atoms. The van der Waals surface area contributed by atoms with E-state index in [9.17, 15) is 9.90 Å². The lowest BCUT2D eigenvalue weighted by molar-refractivity contribution is -0.207. The zero-order valence-corrected chi connectivity index (χ0v) is 14.8. The number of ether oxygens (including phenoxy) is 1. The molecule has 1 amide bonds. The Hall–Kier alpha value is -0.980. The largest absolute Gasteiger partial charge is 0.392 e. The second-order valence-corrected chi connectivity index (χ2v) is 7.70. The molecule has 5 nitrogen and oxygen atoms in total. The zero-order chi connectivity index (χ0) is 16.4. The van der Waals surface area contributed by atoms with Crippen LogP contribution in [0.15, 0.2) is 6.20 Å². The van der Waals surface area contributed by atoms with Gasteiger partial charge in [-0.25, -0.2) is 4.98 Å². The van der Waals surface area contributed by atoms with Crippen molar-refractivity contribution >= 4 is 17.2 Å². The topological polar surface area (TPSA) is 62.7 Å². The summed E-state index contributed by atoms with van der Waals surface area (Å²) in [6.45, 7) is 6.18. The molecule has 2 atom stereocenters. The molecule has 1 aliphatic heterocycles. The van der Waals surface area contributed by atoms with Gasteiger partial charge >= 0.3 is 0 Å². The molecule has 2 fully saturated rings. The monoisotopic (exact) mass is 338 g/mol. The van der Waals surface area contributed by atoms with Crippen molar-refractivity contribution in [3.05, 3.63) is 16.1 Å². The Morgan fingerprint density at radius 1 is 1.48 bits per heavy atom. The number of rotatable bonds is 5. The SMILES string of the molecule is CCCc1ncc(C(=O)N2CCC3(CC2)[C@H](O)C[C@H]3OCC)s1. The number of hydrogen-bond donors (Lipinski definition) is 1. The van der Waals surface area contributed by atoms with Crippen molar-refractivity contribution in [3.63, 3.8) is 0 Å². The Balaban J connectivity index is 1.60. The highest BCUT2D eigenvalue weighted by Crippen LogP contribution is 2.51. The highest BCUT2D eigenvalue weighted by atomic mass is 32.1. The summed E-state index contributed by atoms with van der Waals surface area (Å²) in [6, 6.07) is 0. The van der Waals surface area contributed by atoms with Crippen molar-refractivity contribution in [1.29, 1.82) is 0 Å². The fourth-order valence-corrected chi connectivity index (χ4v) is 4.82. The van der Waals surface area contributed by atoms with Gasteiger partial charge in [-0.1, -0.05) is 6.92 Å². The van der Waals surface area contributed by atoms with Gasteiger partial charge in [0.05, 0.1) is 23.4 Å². The van der Waals surface area contributed by atoms with Gasteiger partial charge in [0, 0.05) is 31.5 Å². The first kappa shape index (κ1) is 16.9. The van der Waals surface area contributed by atoms with E-state index in [0.717, 1.165) is 42.0 Å². The Kier molecular flexibility index (Phi) is 5.04.